The first kappa shape index (κ1) is 17.2. The molecule has 5 heteroatoms. The maximum Gasteiger partial charge on any atom is 0.243 e. The topological polar surface area (TPSA) is 58.6 Å². The molecule has 2 aliphatic carbocycles. The van der Waals surface area contributed by atoms with E-state index in [4.69, 9.17) is 9.94 Å². The van der Waals surface area contributed by atoms with E-state index in [-0.39, 0.29) is 5.91 Å². The van der Waals surface area contributed by atoms with Gasteiger partial charge in [-0.1, -0.05) is 28.8 Å². The number of amides is 1. The van der Waals surface area contributed by atoms with Crippen LogP contribution >= 0.6 is 15.9 Å². The maximum atomic E-state index is 11.1. The second kappa shape index (κ2) is 9.11. The summed E-state index contributed by atoms with van der Waals surface area (Å²) in [6.45, 7) is 0.874. The summed E-state index contributed by atoms with van der Waals surface area (Å²) in [7, 11) is 0. The van der Waals surface area contributed by atoms with Crippen LogP contribution in [-0.4, -0.2) is 28.7 Å². The normalized spacial score (nSPS) is 33.6. The molecule has 21 heavy (non-hydrogen) atoms. The highest BCUT2D eigenvalue weighted by Crippen LogP contribution is 2.33. The number of hydrogen-bond donors (Lipinski definition) is 2. The first-order chi connectivity index (χ1) is 10.2. The molecular weight excluding hydrogens is 334 g/mol. The predicted molar refractivity (Wildman–Crippen MR) is 85.5 cm³/mol. The van der Waals surface area contributed by atoms with Crippen LogP contribution in [0.5, 0.6) is 0 Å². The third-order valence-corrected chi connectivity index (χ3v) is 6.26. The van der Waals surface area contributed by atoms with Gasteiger partial charge in [-0.15, -0.1) is 0 Å². The summed E-state index contributed by atoms with van der Waals surface area (Å²) >= 11 is 3.80. The quantitative estimate of drug-likeness (QED) is 0.429. The fourth-order valence-electron chi connectivity index (χ4n) is 3.68. The van der Waals surface area contributed by atoms with Crippen molar-refractivity contribution in [3.05, 3.63) is 0 Å². The monoisotopic (exact) mass is 361 g/mol. The second-order valence-corrected chi connectivity index (χ2v) is 7.78. The van der Waals surface area contributed by atoms with Crippen LogP contribution in [0.3, 0.4) is 0 Å². The third-order valence-electron chi connectivity index (χ3n) is 5.05. The maximum absolute atomic E-state index is 11.1. The molecule has 0 aromatic carbocycles. The van der Waals surface area contributed by atoms with E-state index in [0.29, 0.717) is 23.3 Å². The van der Waals surface area contributed by atoms with Crippen molar-refractivity contribution in [2.24, 2.45) is 11.8 Å². The van der Waals surface area contributed by atoms with Gasteiger partial charge >= 0.3 is 0 Å². The summed E-state index contributed by atoms with van der Waals surface area (Å²) in [5, 5.41) is 8.55. The number of hydrogen-bond acceptors (Lipinski definition) is 3. The van der Waals surface area contributed by atoms with Gasteiger partial charge in [-0.2, -0.15) is 0 Å². The van der Waals surface area contributed by atoms with Crippen LogP contribution < -0.4 is 5.48 Å². The lowest BCUT2D eigenvalue weighted by atomic mass is 9.85. The molecular formula is C16H28BrNO3. The van der Waals surface area contributed by atoms with E-state index in [1.54, 1.807) is 5.48 Å². The first-order valence-electron chi connectivity index (χ1n) is 8.37. The predicted octanol–water partition coefficient (Wildman–Crippen LogP) is 3.80. The third kappa shape index (κ3) is 5.87. The van der Waals surface area contributed by atoms with Crippen molar-refractivity contribution in [3.8, 4) is 0 Å². The van der Waals surface area contributed by atoms with E-state index in [1.807, 2.05) is 0 Å². The average Bonchev–Trinajstić information content (AvgIpc) is 2.51. The van der Waals surface area contributed by atoms with E-state index < -0.39 is 0 Å². The van der Waals surface area contributed by atoms with E-state index in [1.165, 1.54) is 32.1 Å². The number of ether oxygens (including phenoxy) is 1. The van der Waals surface area contributed by atoms with Crippen LogP contribution in [0.2, 0.25) is 0 Å². The van der Waals surface area contributed by atoms with Gasteiger partial charge in [-0.25, -0.2) is 5.48 Å². The van der Waals surface area contributed by atoms with Gasteiger partial charge in [-0.3, -0.25) is 10.0 Å². The minimum atomic E-state index is -0.264. The molecule has 1 amide bonds. The van der Waals surface area contributed by atoms with Gasteiger partial charge in [0.2, 0.25) is 5.91 Å². The highest BCUT2D eigenvalue weighted by atomic mass is 79.9. The number of rotatable bonds is 6. The molecule has 0 heterocycles. The molecule has 0 aromatic heterocycles. The largest absolute Gasteiger partial charge is 0.378 e. The van der Waals surface area contributed by atoms with Gasteiger partial charge in [0.1, 0.15) is 0 Å². The minimum Gasteiger partial charge on any atom is -0.378 e. The lowest BCUT2D eigenvalue weighted by Gasteiger charge is -2.30. The van der Waals surface area contributed by atoms with Gasteiger partial charge in [0, 0.05) is 17.9 Å². The molecule has 0 saturated heterocycles. The summed E-state index contributed by atoms with van der Waals surface area (Å²) in [4.78, 5) is 11.8. The number of carbonyl (C=O) groups excluding carboxylic acids is 1. The van der Waals surface area contributed by atoms with Crippen molar-refractivity contribution >= 4 is 21.8 Å². The van der Waals surface area contributed by atoms with Gasteiger partial charge in [0.25, 0.3) is 0 Å². The molecule has 2 aliphatic rings. The standard InChI is InChI=1S/C16H28BrNO3/c17-15-4-2-1-3-13(15)9-10-21-14-7-5-12(6-8-14)11-16(19)18-20/h12-15,20H,1-11H2,(H,18,19). The van der Waals surface area contributed by atoms with E-state index in [2.05, 4.69) is 15.9 Å². The second-order valence-electron chi connectivity index (χ2n) is 6.60. The minimum absolute atomic E-state index is 0.264. The van der Waals surface area contributed by atoms with Crippen molar-refractivity contribution in [3.63, 3.8) is 0 Å². The number of alkyl halides is 1. The Kier molecular flexibility index (Phi) is 7.47. The zero-order chi connectivity index (χ0) is 15.1. The van der Waals surface area contributed by atoms with Gasteiger partial charge in [0.05, 0.1) is 6.10 Å². The lowest BCUT2D eigenvalue weighted by Crippen LogP contribution is -2.28. The molecule has 2 rings (SSSR count). The molecule has 4 nitrogen and oxygen atoms in total. The molecule has 0 aromatic rings. The fraction of sp³-hybridized carbons (Fsp3) is 0.938. The highest BCUT2D eigenvalue weighted by Gasteiger charge is 2.25. The van der Waals surface area contributed by atoms with Crippen molar-refractivity contribution < 1.29 is 14.7 Å². The molecule has 2 unspecified atom stereocenters. The zero-order valence-electron chi connectivity index (χ0n) is 12.7. The van der Waals surface area contributed by atoms with Gasteiger partial charge < -0.3 is 4.74 Å². The molecule has 2 fully saturated rings. The van der Waals surface area contributed by atoms with Crippen LogP contribution in [-0.2, 0) is 9.53 Å². The lowest BCUT2D eigenvalue weighted by molar-refractivity contribution is -0.130. The molecule has 2 N–H and O–H groups in total. The van der Waals surface area contributed by atoms with Crippen LogP contribution in [0.15, 0.2) is 0 Å². The van der Waals surface area contributed by atoms with Crippen molar-refractivity contribution in [1.29, 1.82) is 0 Å². The number of halogens is 1. The Morgan fingerprint density at radius 1 is 1.14 bits per heavy atom. The molecule has 2 saturated carbocycles. The van der Waals surface area contributed by atoms with Crippen LogP contribution in [0.1, 0.15) is 64.2 Å². The summed E-state index contributed by atoms with van der Waals surface area (Å²) < 4.78 is 6.04. The molecule has 122 valence electrons. The van der Waals surface area contributed by atoms with Gasteiger partial charge in [0.15, 0.2) is 0 Å². The molecule has 2 atom stereocenters. The Hall–Kier alpha value is -0.130. The van der Waals surface area contributed by atoms with E-state index >= 15 is 0 Å². The fourth-order valence-corrected chi connectivity index (χ4v) is 4.54. The summed E-state index contributed by atoms with van der Waals surface area (Å²) in [5.74, 6) is 0.922. The zero-order valence-corrected chi connectivity index (χ0v) is 14.3. The smallest absolute Gasteiger partial charge is 0.243 e. The number of nitrogens with one attached hydrogen (secondary N) is 1. The van der Waals surface area contributed by atoms with Crippen molar-refractivity contribution in [2.75, 3.05) is 6.61 Å². The number of carbonyl (C=O) groups is 1. The molecule has 0 aliphatic heterocycles. The van der Waals surface area contributed by atoms with Crippen molar-refractivity contribution in [2.45, 2.75) is 75.1 Å². The highest BCUT2D eigenvalue weighted by molar-refractivity contribution is 9.09. The molecule has 0 radical (unpaired) electrons. The van der Waals surface area contributed by atoms with E-state index in [0.717, 1.165) is 38.2 Å². The Morgan fingerprint density at radius 2 is 1.86 bits per heavy atom. The number of hydroxylamine groups is 1. The average molecular weight is 362 g/mol. The van der Waals surface area contributed by atoms with Gasteiger partial charge in [-0.05, 0) is 56.8 Å². The Labute approximate surface area is 136 Å². The Morgan fingerprint density at radius 3 is 2.52 bits per heavy atom. The van der Waals surface area contributed by atoms with Crippen LogP contribution in [0.4, 0.5) is 0 Å². The van der Waals surface area contributed by atoms with E-state index in [9.17, 15) is 4.79 Å². The Balaban J connectivity index is 1.57. The summed E-state index contributed by atoms with van der Waals surface area (Å²) in [5.41, 5.74) is 1.72. The molecule has 0 spiro atoms. The summed E-state index contributed by atoms with van der Waals surface area (Å²) in [6, 6.07) is 0. The van der Waals surface area contributed by atoms with Crippen LogP contribution in [0.25, 0.3) is 0 Å². The van der Waals surface area contributed by atoms with Crippen molar-refractivity contribution in [1.82, 2.24) is 5.48 Å². The summed E-state index contributed by atoms with van der Waals surface area (Å²) in [6.07, 6.45) is 11.5. The Bertz CT molecular complexity index is 319. The molecule has 0 bridgehead atoms. The van der Waals surface area contributed by atoms with Crippen LogP contribution in [0, 0.1) is 11.8 Å². The SMILES string of the molecule is O=C(CC1CCC(OCCC2CCCCC2Br)CC1)NO. The first-order valence-corrected chi connectivity index (χ1v) is 9.29.